The summed E-state index contributed by atoms with van der Waals surface area (Å²) in [4.78, 5) is 24.7. The molecule has 4 aromatic rings. The number of ether oxygens (including phenoxy) is 2. The fourth-order valence-corrected chi connectivity index (χ4v) is 5.39. The summed E-state index contributed by atoms with van der Waals surface area (Å²) in [5.41, 5.74) is 2.79. The predicted octanol–water partition coefficient (Wildman–Crippen LogP) is 4.90. The van der Waals surface area contributed by atoms with E-state index < -0.39 is 5.60 Å². The lowest BCUT2D eigenvalue weighted by Crippen LogP contribution is -2.42. The molecule has 0 spiro atoms. The first-order valence-electron chi connectivity index (χ1n) is 13.3. The van der Waals surface area contributed by atoms with Crippen LogP contribution in [0.1, 0.15) is 50.8 Å². The minimum atomic E-state index is -0.529. The number of piperidine rings is 1. The van der Waals surface area contributed by atoms with Crippen LogP contribution in [0.5, 0.6) is 5.75 Å². The third kappa shape index (κ3) is 5.03. The highest BCUT2D eigenvalue weighted by molar-refractivity contribution is 6.33. The Morgan fingerprint density at radius 2 is 2.02 bits per heavy atom. The molecule has 0 atom stereocenters. The third-order valence-electron chi connectivity index (χ3n) is 7.11. The quantitative estimate of drug-likeness (QED) is 0.362. The van der Waals surface area contributed by atoms with Crippen LogP contribution in [0.15, 0.2) is 30.9 Å². The van der Waals surface area contributed by atoms with Gasteiger partial charge in [0, 0.05) is 48.9 Å². The number of amides is 1. The summed E-state index contributed by atoms with van der Waals surface area (Å²) in [5.74, 6) is 0.897. The second kappa shape index (κ2) is 10.2. The maximum atomic E-state index is 14.6. The van der Waals surface area contributed by atoms with E-state index in [0.717, 1.165) is 11.3 Å². The summed E-state index contributed by atoms with van der Waals surface area (Å²) in [5, 5.41) is 12.8. The number of anilines is 1. The van der Waals surface area contributed by atoms with E-state index in [-0.39, 0.29) is 24.5 Å². The Balaban J connectivity index is 1.19. The van der Waals surface area contributed by atoms with E-state index in [4.69, 9.17) is 26.2 Å². The van der Waals surface area contributed by atoms with E-state index in [1.54, 1.807) is 38.9 Å². The van der Waals surface area contributed by atoms with Gasteiger partial charge >= 0.3 is 6.09 Å². The summed E-state index contributed by atoms with van der Waals surface area (Å²) in [6.07, 6.45) is 6.70. The number of hydrogen-bond donors (Lipinski definition) is 1. The fraction of sp³-hybridized carbons (Fsp3) is 0.444. The van der Waals surface area contributed by atoms with Gasteiger partial charge in [0.25, 0.3) is 0 Å². The lowest BCUT2D eigenvalue weighted by molar-refractivity contribution is 0.0180. The molecule has 0 saturated carbocycles. The third-order valence-corrected chi connectivity index (χ3v) is 7.39. The molecule has 1 aromatic carbocycles. The summed E-state index contributed by atoms with van der Waals surface area (Å²) in [6, 6.07) is 3.13. The molecular weight excluding hydrogens is 539 g/mol. The van der Waals surface area contributed by atoms with E-state index in [1.165, 1.54) is 6.07 Å². The number of carbonyl (C=O) groups is 1. The number of fused-ring (bicyclic) bond motifs is 2. The van der Waals surface area contributed by atoms with Gasteiger partial charge in [-0.1, -0.05) is 11.6 Å². The van der Waals surface area contributed by atoms with Crippen molar-refractivity contribution in [1.82, 2.24) is 34.3 Å². The monoisotopic (exact) mass is 568 g/mol. The normalized spacial score (nSPS) is 15.8. The molecule has 2 aliphatic rings. The Morgan fingerprint density at radius 3 is 2.80 bits per heavy atom. The van der Waals surface area contributed by atoms with Crippen molar-refractivity contribution in [2.75, 3.05) is 25.0 Å². The molecule has 3 aromatic heterocycles. The summed E-state index contributed by atoms with van der Waals surface area (Å²) in [6.45, 7) is 7.48. The van der Waals surface area contributed by atoms with Crippen LogP contribution in [-0.2, 0) is 17.7 Å². The number of nitrogens with one attached hydrogen (secondary N) is 1. The Bertz CT molecular complexity index is 1570. The van der Waals surface area contributed by atoms with Gasteiger partial charge < -0.3 is 19.7 Å². The fourth-order valence-electron chi connectivity index (χ4n) is 5.15. The average Bonchev–Trinajstić information content (AvgIpc) is 3.68. The maximum absolute atomic E-state index is 14.6. The van der Waals surface area contributed by atoms with Crippen LogP contribution in [0.3, 0.4) is 0 Å². The van der Waals surface area contributed by atoms with Gasteiger partial charge in [0.1, 0.15) is 29.2 Å². The first-order valence-corrected chi connectivity index (χ1v) is 13.6. The summed E-state index contributed by atoms with van der Waals surface area (Å²) >= 11 is 6.50. The van der Waals surface area contributed by atoms with Crippen molar-refractivity contribution in [3.05, 3.63) is 53.0 Å². The number of likely N-dealkylation sites (tertiary alicyclic amines) is 1. The van der Waals surface area contributed by atoms with Gasteiger partial charge in [0.15, 0.2) is 5.15 Å². The van der Waals surface area contributed by atoms with Gasteiger partial charge in [-0.3, -0.25) is 4.40 Å². The molecule has 6 rings (SSSR count). The number of nitrogens with zero attached hydrogens (tertiary/aromatic N) is 7. The number of rotatable bonds is 5. The molecule has 13 heteroatoms. The molecule has 1 N–H and O–H groups in total. The van der Waals surface area contributed by atoms with Crippen LogP contribution < -0.4 is 10.1 Å². The molecule has 1 fully saturated rings. The van der Waals surface area contributed by atoms with Crippen LogP contribution >= 0.6 is 11.6 Å². The topological polar surface area (TPSA) is 112 Å². The van der Waals surface area contributed by atoms with Crippen molar-refractivity contribution in [2.45, 2.75) is 58.2 Å². The number of benzene rings is 1. The van der Waals surface area contributed by atoms with E-state index in [9.17, 15) is 9.18 Å². The molecule has 210 valence electrons. The van der Waals surface area contributed by atoms with Crippen LogP contribution in [-0.4, -0.2) is 65.7 Å². The average molecular weight is 569 g/mol. The Labute approximate surface area is 235 Å². The molecule has 0 aliphatic carbocycles. The van der Waals surface area contributed by atoms with Crippen molar-refractivity contribution >= 4 is 29.2 Å². The Morgan fingerprint density at radius 1 is 1.23 bits per heavy atom. The van der Waals surface area contributed by atoms with Crippen LogP contribution in [0, 0.1) is 5.82 Å². The number of carbonyl (C=O) groups excluding carboxylic acids is 1. The van der Waals surface area contributed by atoms with Crippen molar-refractivity contribution in [3.8, 4) is 17.0 Å². The second-order valence-electron chi connectivity index (χ2n) is 11.0. The largest absolute Gasteiger partial charge is 0.493 e. The zero-order valence-electron chi connectivity index (χ0n) is 22.5. The second-order valence-corrected chi connectivity index (χ2v) is 11.3. The molecule has 2 aliphatic heterocycles. The lowest BCUT2D eigenvalue weighted by atomic mass is 10.0. The molecular formula is C27H30ClFN8O3. The lowest BCUT2D eigenvalue weighted by Gasteiger charge is -2.33. The SMILES string of the molecule is CC(C)(C)OC(=O)N1CCC(n2ncc(-c3cnc(NCc4c(F)ccc5c4CCO5)n4cnc(Cl)c34)n2)CC1. The van der Waals surface area contributed by atoms with Crippen LogP contribution in [0.2, 0.25) is 5.15 Å². The Kier molecular flexibility index (Phi) is 6.73. The molecule has 40 heavy (non-hydrogen) atoms. The van der Waals surface area contributed by atoms with Gasteiger partial charge in [-0.25, -0.2) is 19.2 Å². The standard InChI is InChI=1S/C27H30ClFN8O3/c1-27(2,3)40-26(38)35-9-6-16(7-10-35)37-33-14-21(34-37)19-13-31-25(36-15-32-24(28)23(19)36)30-12-18-17-8-11-39-22(17)5-4-20(18)29/h4-5,13-16H,6-12H2,1-3H3,(H,30,31). The van der Waals surface area contributed by atoms with E-state index in [0.29, 0.717) is 72.4 Å². The minimum absolute atomic E-state index is 0.0456. The maximum Gasteiger partial charge on any atom is 0.410 e. The van der Waals surface area contributed by atoms with E-state index >= 15 is 0 Å². The summed E-state index contributed by atoms with van der Waals surface area (Å²) < 4.78 is 27.4. The van der Waals surface area contributed by atoms with Crippen LogP contribution in [0.4, 0.5) is 15.1 Å². The highest BCUT2D eigenvalue weighted by Gasteiger charge is 2.29. The van der Waals surface area contributed by atoms with Crippen molar-refractivity contribution in [2.24, 2.45) is 0 Å². The number of aromatic nitrogens is 6. The number of hydrogen-bond acceptors (Lipinski definition) is 8. The van der Waals surface area contributed by atoms with Crippen molar-refractivity contribution < 1.29 is 18.7 Å². The van der Waals surface area contributed by atoms with Crippen molar-refractivity contribution in [1.29, 1.82) is 0 Å². The number of halogens is 2. The first kappa shape index (κ1) is 26.3. The minimum Gasteiger partial charge on any atom is -0.493 e. The molecule has 11 nitrogen and oxygen atoms in total. The highest BCUT2D eigenvalue weighted by Crippen LogP contribution is 2.33. The van der Waals surface area contributed by atoms with Crippen LogP contribution in [0.25, 0.3) is 16.8 Å². The van der Waals surface area contributed by atoms with Gasteiger partial charge in [-0.2, -0.15) is 15.0 Å². The van der Waals surface area contributed by atoms with E-state index in [2.05, 4.69) is 20.4 Å². The summed E-state index contributed by atoms with van der Waals surface area (Å²) in [7, 11) is 0. The highest BCUT2D eigenvalue weighted by atomic mass is 35.5. The Hall–Kier alpha value is -3.93. The molecule has 1 saturated heterocycles. The molecule has 0 radical (unpaired) electrons. The molecule has 0 unspecified atom stereocenters. The zero-order valence-corrected chi connectivity index (χ0v) is 23.3. The van der Waals surface area contributed by atoms with Crippen molar-refractivity contribution in [3.63, 3.8) is 0 Å². The molecule has 5 heterocycles. The predicted molar refractivity (Wildman–Crippen MR) is 146 cm³/mol. The van der Waals surface area contributed by atoms with Gasteiger partial charge in [0.05, 0.1) is 24.4 Å². The number of imidazole rings is 1. The van der Waals surface area contributed by atoms with E-state index in [1.807, 2.05) is 20.8 Å². The van der Waals surface area contributed by atoms with Gasteiger partial charge in [-0.05, 0) is 45.7 Å². The molecule has 0 bridgehead atoms. The first-order chi connectivity index (χ1) is 19.2. The zero-order chi connectivity index (χ0) is 28.0. The smallest absolute Gasteiger partial charge is 0.410 e. The van der Waals surface area contributed by atoms with Gasteiger partial charge in [-0.15, -0.1) is 0 Å². The molecule has 1 amide bonds. The van der Waals surface area contributed by atoms with Gasteiger partial charge in [0.2, 0.25) is 5.95 Å².